The molecule has 2 N–H and O–H groups in total. The maximum atomic E-state index is 12.2. The van der Waals surface area contributed by atoms with E-state index in [2.05, 4.69) is 10.9 Å². The lowest BCUT2D eigenvalue weighted by molar-refractivity contribution is 0.0846. The molecule has 2 rings (SSSR count). The Morgan fingerprint density at radius 2 is 1.50 bits per heavy atom. The van der Waals surface area contributed by atoms with Crippen molar-refractivity contribution < 1.29 is 19.1 Å². The number of benzene rings is 2. The number of hydrogen-bond acceptors (Lipinski definition) is 5. The Kier molecular flexibility index (Phi) is 6.43. The highest BCUT2D eigenvalue weighted by atomic mass is 16.5. The van der Waals surface area contributed by atoms with E-state index in [0.29, 0.717) is 29.2 Å². The number of nitrogens with one attached hydrogen (secondary N) is 2. The minimum atomic E-state index is -0.454. The first-order valence-electron chi connectivity index (χ1n) is 8.15. The Bertz CT molecular complexity index is 773. The van der Waals surface area contributed by atoms with Gasteiger partial charge in [0.25, 0.3) is 11.8 Å². The van der Waals surface area contributed by atoms with Gasteiger partial charge < -0.3 is 14.4 Å². The third-order valence-corrected chi connectivity index (χ3v) is 3.66. The molecule has 0 saturated carbocycles. The number of nitrogens with zero attached hydrogens (tertiary/aromatic N) is 1. The molecule has 0 aliphatic carbocycles. The standard InChI is InChI=1S/C19H23N3O4/c1-5-26-16-11-8-14(12-17(16)25-4)19(24)21-20-18(23)13-6-9-15(10-7-13)22(2)3/h6-12H,5H2,1-4H3,(H,20,23)(H,21,24). The van der Waals surface area contributed by atoms with Crippen LogP contribution in [0.1, 0.15) is 27.6 Å². The number of amides is 2. The van der Waals surface area contributed by atoms with Gasteiger partial charge in [0.15, 0.2) is 11.5 Å². The number of rotatable bonds is 6. The maximum Gasteiger partial charge on any atom is 0.269 e. The first-order valence-corrected chi connectivity index (χ1v) is 8.15. The third kappa shape index (κ3) is 4.66. The topological polar surface area (TPSA) is 79.9 Å². The van der Waals surface area contributed by atoms with Gasteiger partial charge in [-0.05, 0) is 49.4 Å². The molecule has 26 heavy (non-hydrogen) atoms. The van der Waals surface area contributed by atoms with Crippen molar-refractivity contribution in [3.8, 4) is 11.5 Å². The van der Waals surface area contributed by atoms with E-state index >= 15 is 0 Å². The molecule has 2 aromatic carbocycles. The number of ether oxygens (including phenoxy) is 2. The van der Waals surface area contributed by atoms with Gasteiger partial charge in [-0.3, -0.25) is 20.4 Å². The van der Waals surface area contributed by atoms with Crippen molar-refractivity contribution in [2.24, 2.45) is 0 Å². The van der Waals surface area contributed by atoms with E-state index in [4.69, 9.17) is 9.47 Å². The van der Waals surface area contributed by atoms with Crippen LogP contribution in [-0.4, -0.2) is 39.6 Å². The predicted octanol–water partition coefficient (Wildman–Crippen LogP) is 2.23. The summed E-state index contributed by atoms with van der Waals surface area (Å²) in [5, 5.41) is 0. The van der Waals surface area contributed by atoms with E-state index in [0.717, 1.165) is 5.69 Å². The molecule has 0 aromatic heterocycles. The van der Waals surface area contributed by atoms with Gasteiger partial charge in [-0.25, -0.2) is 0 Å². The quantitative estimate of drug-likeness (QED) is 0.775. The minimum Gasteiger partial charge on any atom is -0.493 e. The summed E-state index contributed by atoms with van der Waals surface area (Å²) in [4.78, 5) is 26.3. The summed E-state index contributed by atoms with van der Waals surface area (Å²) in [5.74, 6) is 0.146. The molecule has 2 aromatic rings. The van der Waals surface area contributed by atoms with E-state index in [1.54, 1.807) is 30.3 Å². The molecule has 0 unspecified atom stereocenters. The van der Waals surface area contributed by atoms with Gasteiger partial charge in [-0.15, -0.1) is 0 Å². The summed E-state index contributed by atoms with van der Waals surface area (Å²) in [6.07, 6.45) is 0. The Balaban J connectivity index is 2.00. The van der Waals surface area contributed by atoms with Gasteiger partial charge in [-0.1, -0.05) is 0 Å². The van der Waals surface area contributed by atoms with Crippen LogP contribution in [0.15, 0.2) is 42.5 Å². The van der Waals surface area contributed by atoms with Crippen LogP contribution in [0, 0.1) is 0 Å². The lowest BCUT2D eigenvalue weighted by Crippen LogP contribution is -2.41. The van der Waals surface area contributed by atoms with Crippen LogP contribution in [0.3, 0.4) is 0 Å². The molecule has 0 bridgehead atoms. The molecule has 0 fully saturated rings. The molecule has 138 valence electrons. The lowest BCUT2D eigenvalue weighted by Gasteiger charge is -2.13. The van der Waals surface area contributed by atoms with Gasteiger partial charge >= 0.3 is 0 Å². The van der Waals surface area contributed by atoms with Crippen molar-refractivity contribution in [1.82, 2.24) is 10.9 Å². The molecule has 0 radical (unpaired) electrons. The molecule has 0 atom stereocenters. The first kappa shape index (κ1) is 19.1. The summed E-state index contributed by atoms with van der Waals surface area (Å²) in [6.45, 7) is 2.35. The minimum absolute atomic E-state index is 0.341. The Labute approximate surface area is 152 Å². The van der Waals surface area contributed by atoms with Crippen molar-refractivity contribution in [3.63, 3.8) is 0 Å². The van der Waals surface area contributed by atoms with E-state index < -0.39 is 11.8 Å². The number of carbonyl (C=O) groups excluding carboxylic acids is 2. The number of hydrogen-bond donors (Lipinski definition) is 2. The van der Waals surface area contributed by atoms with Crippen LogP contribution in [0.2, 0.25) is 0 Å². The molecule has 0 aliphatic rings. The zero-order valence-electron chi connectivity index (χ0n) is 15.3. The Hall–Kier alpha value is -3.22. The van der Waals surface area contributed by atoms with Crippen molar-refractivity contribution in [3.05, 3.63) is 53.6 Å². The summed E-state index contributed by atoms with van der Waals surface area (Å²) in [6, 6.07) is 11.8. The highest BCUT2D eigenvalue weighted by molar-refractivity contribution is 5.99. The summed E-state index contributed by atoms with van der Waals surface area (Å²) >= 11 is 0. The van der Waals surface area contributed by atoms with E-state index in [1.165, 1.54) is 7.11 Å². The Morgan fingerprint density at radius 1 is 0.923 bits per heavy atom. The van der Waals surface area contributed by atoms with Crippen molar-refractivity contribution >= 4 is 17.5 Å². The molecular formula is C19H23N3O4. The highest BCUT2D eigenvalue weighted by Crippen LogP contribution is 2.27. The second-order valence-corrected chi connectivity index (χ2v) is 5.65. The normalized spacial score (nSPS) is 10.0. The van der Waals surface area contributed by atoms with Crippen LogP contribution >= 0.6 is 0 Å². The number of methoxy groups -OCH3 is 1. The van der Waals surface area contributed by atoms with Gasteiger partial charge in [-0.2, -0.15) is 0 Å². The van der Waals surface area contributed by atoms with Gasteiger partial charge in [0, 0.05) is 30.9 Å². The average molecular weight is 357 g/mol. The smallest absolute Gasteiger partial charge is 0.269 e. The van der Waals surface area contributed by atoms with Gasteiger partial charge in [0.2, 0.25) is 0 Å². The van der Waals surface area contributed by atoms with Crippen molar-refractivity contribution in [1.29, 1.82) is 0 Å². The van der Waals surface area contributed by atoms with E-state index in [1.807, 2.05) is 38.1 Å². The average Bonchev–Trinajstić information content (AvgIpc) is 2.66. The largest absolute Gasteiger partial charge is 0.493 e. The first-order chi connectivity index (χ1) is 12.5. The molecular weight excluding hydrogens is 334 g/mol. The summed E-state index contributed by atoms with van der Waals surface area (Å²) in [5.41, 5.74) is 6.56. The van der Waals surface area contributed by atoms with Gasteiger partial charge in [0.05, 0.1) is 13.7 Å². The fourth-order valence-corrected chi connectivity index (χ4v) is 2.25. The van der Waals surface area contributed by atoms with Gasteiger partial charge in [0.1, 0.15) is 0 Å². The van der Waals surface area contributed by atoms with Crippen LogP contribution in [-0.2, 0) is 0 Å². The van der Waals surface area contributed by atoms with Crippen molar-refractivity contribution in [2.75, 3.05) is 32.7 Å². The van der Waals surface area contributed by atoms with Crippen LogP contribution in [0.5, 0.6) is 11.5 Å². The summed E-state index contributed by atoms with van der Waals surface area (Å²) in [7, 11) is 5.33. The second kappa shape index (κ2) is 8.75. The second-order valence-electron chi connectivity index (χ2n) is 5.65. The van der Waals surface area contributed by atoms with Crippen LogP contribution in [0.4, 0.5) is 5.69 Å². The van der Waals surface area contributed by atoms with E-state index in [-0.39, 0.29) is 0 Å². The SMILES string of the molecule is CCOc1ccc(C(=O)NNC(=O)c2ccc(N(C)C)cc2)cc1OC. The maximum absolute atomic E-state index is 12.2. The molecule has 0 saturated heterocycles. The number of carbonyl (C=O) groups is 2. The van der Waals surface area contributed by atoms with Crippen LogP contribution in [0.25, 0.3) is 0 Å². The highest BCUT2D eigenvalue weighted by Gasteiger charge is 2.12. The molecule has 2 amide bonds. The van der Waals surface area contributed by atoms with E-state index in [9.17, 15) is 9.59 Å². The zero-order valence-corrected chi connectivity index (χ0v) is 15.3. The summed E-state index contributed by atoms with van der Waals surface area (Å²) < 4.78 is 10.6. The molecule has 0 heterocycles. The number of hydrazine groups is 1. The monoisotopic (exact) mass is 357 g/mol. The molecule has 7 heteroatoms. The number of anilines is 1. The van der Waals surface area contributed by atoms with Crippen molar-refractivity contribution in [2.45, 2.75) is 6.92 Å². The molecule has 0 spiro atoms. The lowest BCUT2D eigenvalue weighted by atomic mass is 10.2. The molecule has 0 aliphatic heterocycles. The van der Waals surface area contributed by atoms with Crippen LogP contribution < -0.4 is 25.2 Å². The molecule has 7 nitrogen and oxygen atoms in total. The Morgan fingerprint density at radius 3 is 2.04 bits per heavy atom. The fourth-order valence-electron chi connectivity index (χ4n) is 2.25. The fraction of sp³-hybridized carbons (Fsp3) is 0.263. The third-order valence-electron chi connectivity index (χ3n) is 3.66. The predicted molar refractivity (Wildman–Crippen MR) is 99.9 cm³/mol. The zero-order chi connectivity index (χ0) is 19.1.